The number of para-hydroxylation sites is 1. The molecule has 5 nitrogen and oxygen atoms in total. The quantitative estimate of drug-likeness (QED) is 0.372. The average Bonchev–Trinajstić information content (AvgIpc) is 2.71. The van der Waals surface area contributed by atoms with E-state index in [2.05, 4.69) is 15.8 Å². The summed E-state index contributed by atoms with van der Waals surface area (Å²) in [7, 11) is 0. The summed E-state index contributed by atoms with van der Waals surface area (Å²) in [4.78, 5) is 11.9. The van der Waals surface area contributed by atoms with Crippen LogP contribution in [0, 0.1) is 6.92 Å². The molecule has 29 heavy (non-hydrogen) atoms. The molecule has 7 heteroatoms. The summed E-state index contributed by atoms with van der Waals surface area (Å²) in [5, 5.41) is 7.71. The third kappa shape index (κ3) is 6.24. The number of aryl methyl sites for hydroxylation is 1. The van der Waals surface area contributed by atoms with Gasteiger partial charge in [0.2, 0.25) is 0 Å². The predicted molar refractivity (Wildman–Crippen MR) is 118 cm³/mol. The first-order valence-corrected chi connectivity index (χ1v) is 9.59. The van der Waals surface area contributed by atoms with Gasteiger partial charge in [-0.3, -0.25) is 0 Å². The summed E-state index contributed by atoms with van der Waals surface area (Å²) in [6, 6.07) is 19.8. The summed E-state index contributed by atoms with van der Waals surface area (Å²) in [6.45, 7) is 2.30. The molecule has 0 unspecified atom stereocenters. The van der Waals surface area contributed by atoms with Crippen molar-refractivity contribution in [3.05, 3.63) is 93.5 Å². The van der Waals surface area contributed by atoms with E-state index in [9.17, 15) is 4.79 Å². The first kappa shape index (κ1) is 20.7. The van der Waals surface area contributed by atoms with Crippen LogP contribution in [-0.4, -0.2) is 12.2 Å². The van der Waals surface area contributed by atoms with Gasteiger partial charge in [-0.25, -0.2) is 10.2 Å². The number of urea groups is 1. The number of hydrazone groups is 1. The summed E-state index contributed by atoms with van der Waals surface area (Å²) in [5.74, 6) is 0.707. The van der Waals surface area contributed by atoms with Crippen molar-refractivity contribution in [2.45, 2.75) is 13.5 Å². The molecule has 0 saturated carbocycles. The Bertz CT molecular complexity index is 1020. The molecular formula is C22H19Cl2N3O2. The Hall–Kier alpha value is -3.02. The van der Waals surface area contributed by atoms with Gasteiger partial charge >= 0.3 is 6.03 Å². The number of carbonyl (C=O) groups excluding carboxylic acids is 1. The number of carbonyl (C=O) groups is 1. The molecule has 148 valence electrons. The fraction of sp³-hybridized carbons (Fsp3) is 0.0909. The van der Waals surface area contributed by atoms with Crippen LogP contribution in [0.3, 0.4) is 0 Å². The van der Waals surface area contributed by atoms with E-state index in [0.29, 0.717) is 22.4 Å². The zero-order valence-corrected chi connectivity index (χ0v) is 17.2. The Morgan fingerprint density at radius 2 is 1.79 bits per heavy atom. The predicted octanol–water partition coefficient (Wildman–Crippen LogP) is 6.04. The second-order valence-corrected chi connectivity index (χ2v) is 7.06. The van der Waals surface area contributed by atoms with Crippen molar-refractivity contribution in [2.24, 2.45) is 5.10 Å². The van der Waals surface area contributed by atoms with Crippen LogP contribution < -0.4 is 15.5 Å². The molecule has 3 aromatic carbocycles. The third-order valence-corrected chi connectivity index (χ3v) is 4.78. The zero-order chi connectivity index (χ0) is 20.6. The smallest absolute Gasteiger partial charge is 0.339 e. The molecule has 0 aliphatic carbocycles. The fourth-order valence-corrected chi connectivity index (χ4v) is 2.80. The van der Waals surface area contributed by atoms with Gasteiger partial charge in [0.05, 0.1) is 16.3 Å². The minimum absolute atomic E-state index is 0.380. The normalized spacial score (nSPS) is 10.7. The number of benzene rings is 3. The third-order valence-electron chi connectivity index (χ3n) is 4.04. The van der Waals surface area contributed by atoms with Crippen molar-refractivity contribution >= 4 is 41.1 Å². The number of rotatable bonds is 6. The number of amides is 2. The molecule has 0 atom stereocenters. The molecule has 0 bridgehead atoms. The van der Waals surface area contributed by atoms with E-state index in [0.717, 1.165) is 22.4 Å². The molecule has 0 fully saturated rings. The van der Waals surface area contributed by atoms with Gasteiger partial charge < -0.3 is 10.1 Å². The second kappa shape index (κ2) is 9.96. The lowest BCUT2D eigenvalue weighted by molar-refractivity contribution is 0.252. The highest BCUT2D eigenvalue weighted by Crippen LogP contribution is 2.23. The van der Waals surface area contributed by atoms with Crippen LogP contribution in [0.15, 0.2) is 71.8 Å². The van der Waals surface area contributed by atoms with E-state index in [4.69, 9.17) is 27.9 Å². The number of hydrogen-bond donors (Lipinski definition) is 2. The van der Waals surface area contributed by atoms with E-state index in [1.807, 2.05) is 61.5 Å². The molecule has 0 aliphatic rings. The highest BCUT2D eigenvalue weighted by atomic mass is 35.5. The fourth-order valence-electron chi connectivity index (χ4n) is 2.48. The highest BCUT2D eigenvalue weighted by molar-refractivity contribution is 6.42. The number of hydrogen-bond acceptors (Lipinski definition) is 3. The topological polar surface area (TPSA) is 62.7 Å². The molecule has 3 aromatic rings. The van der Waals surface area contributed by atoms with Gasteiger partial charge in [0.25, 0.3) is 0 Å². The molecule has 0 spiro atoms. The lowest BCUT2D eigenvalue weighted by atomic mass is 10.2. The van der Waals surface area contributed by atoms with Gasteiger partial charge in [0.1, 0.15) is 12.4 Å². The van der Waals surface area contributed by atoms with Gasteiger partial charge in [-0.2, -0.15) is 5.10 Å². The van der Waals surface area contributed by atoms with Crippen molar-refractivity contribution in [1.82, 2.24) is 5.43 Å². The maximum atomic E-state index is 11.9. The van der Waals surface area contributed by atoms with Gasteiger partial charge in [-0.15, -0.1) is 0 Å². The van der Waals surface area contributed by atoms with E-state index >= 15 is 0 Å². The van der Waals surface area contributed by atoms with Gasteiger partial charge in [0, 0.05) is 5.69 Å². The molecule has 0 radical (unpaired) electrons. The van der Waals surface area contributed by atoms with Crippen molar-refractivity contribution in [1.29, 1.82) is 0 Å². The standard InChI is InChI=1S/C22H19Cl2N3O2/c1-15-4-2-3-5-21(15)26-22(28)27-25-13-16-6-9-18(10-7-16)29-14-17-8-11-19(23)20(24)12-17/h2-13H,14H2,1H3,(H2,26,27,28). The molecule has 3 rings (SSSR count). The average molecular weight is 428 g/mol. The lowest BCUT2D eigenvalue weighted by Crippen LogP contribution is -2.24. The Labute approximate surface area is 179 Å². The first-order valence-electron chi connectivity index (χ1n) is 8.84. The van der Waals surface area contributed by atoms with Crippen molar-refractivity contribution in [2.75, 3.05) is 5.32 Å². The SMILES string of the molecule is Cc1ccccc1NC(=O)NN=Cc1ccc(OCc2ccc(Cl)c(Cl)c2)cc1. The molecule has 0 aromatic heterocycles. The van der Waals surface area contributed by atoms with Crippen LogP contribution in [0.1, 0.15) is 16.7 Å². The van der Waals surface area contributed by atoms with E-state index in [-0.39, 0.29) is 0 Å². The molecule has 2 amide bonds. The second-order valence-electron chi connectivity index (χ2n) is 6.25. The molecule has 0 aliphatic heterocycles. The van der Waals surface area contributed by atoms with E-state index in [1.54, 1.807) is 18.3 Å². The minimum atomic E-state index is -0.405. The molecule has 0 saturated heterocycles. The van der Waals surface area contributed by atoms with Crippen molar-refractivity contribution in [3.63, 3.8) is 0 Å². The Balaban J connectivity index is 1.48. The Morgan fingerprint density at radius 3 is 2.52 bits per heavy atom. The number of ether oxygens (including phenoxy) is 1. The van der Waals surface area contributed by atoms with Gasteiger partial charge in [-0.1, -0.05) is 47.5 Å². The molecular weight excluding hydrogens is 409 g/mol. The van der Waals surface area contributed by atoms with Crippen LogP contribution in [0.5, 0.6) is 5.75 Å². The van der Waals surface area contributed by atoms with Crippen LogP contribution in [-0.2, 0) is 6.61 Å². The zero-order valence-electron chi connectivity index (χ0n) is 15.7. The molecule has 2 N–H and O–H groups in total. The molecule has 0 heterocycles. The Kier molecular flexibility index (Phi) is 7.11. The monoisotopic (exact) mass is 427 g/mol. The first-order chi connectivity index (χ1) is 14.0. The van der Waals surface area contributed by atoms with Crippen LogP contribution >= 0.6 is 23.2 Å². The number of anilines is 1. The number of halogens is 2. The van der Waals surface area contributed by atoms with Crippen LogP contribution in [0.25, 0.3) is 0 Å². The maximum Gasteiger partial charge on any atom is 0.339 e. The summed E-state index contributed by atoms with van der Waals surface area (Å²) < 4.78 is 5.74. The van der Waals surface area contributed by atoms with Crippen molar-refractivity contribution < 1.29 is 9.53 Å². The van der Waals surface area contributed by atoms with Gasteiger partial charge in [-0.05, 0) is 66.1 Å². The summed E-state index contributed by atoms with van der Waals surface area (Å²) in [6.07, 6.45) is 1.56. The van der Waals surface area contributed by atoms with Crippen LogP contribution in [0.2, 0.25) is 10.0 Å². The Morgan fingerprint density at radius 1 is 1.03 bits per heavy atom. The number of nitrogens with zero attached hydrogens (tertiary/aromatic N) is 1. The van der Waals surface area contributed by atoms with Gasteiger partial charge in [0.15, 0.2) is 0 Å². The largest absolute Gasteiger partial charge is 0.489 e. The summed E-state index contributed by atoms with van der Waals surface area (Å²) >= 11 is 11.9. The van der Waals surface area contributed by atoms with Crippen molar-refractivity contribution in [3.8, 4) is 5.75 Å². The number of nitrogens with one attached hydrogen (secondary N) is 2. The minimum Gasteiger partial charge on any atom is -0.489 e. The summed E-state index contributed by atoms with van der Waals surface area (Å²) in [5.41, 5.74) is 5.90. The van der Waals surface area contributed by atoms with Crippen LogP contribution in [0.4, 0.5) is 10.5 Å². The lowest BCUT2D eigenvalue weighted by Gasteiger charge is -2.08. The highest BCUT2D eigenvalue weighted by Gasteiger charge is 2.03. The van der Waals surface area contributed by atoms with E-state index < -0.39 is 6.03 Å². The maximum absolute atomic E-state index is 11.9. The van der Waals surface area contributed by atoms with E-state index in [1.165, 1.54) is 0 Å².